The van der Waals surface area contributed by atoms with E-state index in [1.54, 1.807) is 0 Å². The molecule has 0 aliphatic carbocycles. The minimum Gasteiger partial charge on any atom is -0.312 e. The molecule has 2 atom stereocenters. The molecule has 2 unspecified atom stereocenters. The third-order valence-electron chi connectivity index (χ3n) is 6.32. The second-order valence-electron chi connectivity index (χ2n) is 8.38. The second-order valence-corrected chi connectivity index (χ2v) is 17.5. The molecule has 2 N–H and O–H groups in total. The van der Waals surface area contributed by atoms with Gasteiger partial charge in [0.1, 0.15) is 6.34 Å². The summed E-state index contributed by atoms with van der Waals surface area (Å²) in [5.41, 5.74) is 0. The highest BCUT2D eigenvalue weighted by molar-refractivity contribution is 8.78. The van der Waals surface area contributed by atoms with Crippen LogP contribution in [0.25, 0.3) is 0 Å². The Labute approximate surface area is 160 Å². The maximum absolute atomic E-state index is 14.5. The maximum atomic E-state index is 14.5. The van der Waals surface area contributed by atoms with Crippen LogP contribution in [0.15, 0.2) is 0 Å². The first kappa shape index (κ1) is 23.6. The van der Waals surface area contributed by atoms with Gasteiger partial charge in [-0.25, -0.2) is 0 Å². The molecule has 1 aliphatic rings. The topological polar surface area (TPSA) is 43.1 Å². The Morgan fingerprint density at radius 2 is 1.28 bits per heavy atom. The molecule has 1 fully saturated rings. The predicted octanol–water partition coefficient (Wildman–Crippen LogP) is 7.56. The van der Waals surface area contributed by atoms with Crippen LogP contribution in [0, 0.1) is 11.8 Å². The number of rotatable bonds is 13. The monoisotopic (exact) mass is 391 g/mol. The molecule has 152 valence electrons. The number of unbranched alkanes of at least 4 members (excludes halogenated alkanes) is 2. The molecule has 1 aliphatic heterocycles. The zero-order chi connectivity index (χ0) is 18.8. The van der Waals surface area contributed by atoms with E-state index in [0.717, 1.165) is 23.8 Å². The fourth-order valence-corrected chi connectivity index (χ4v) is 15.6. The molecule has 0 spiro atoms. The third-order valence-corrected chi connectivity index (χ3v) is 17.7. The van der Waals surface area contributed by atoms with Crippen molar-refractivity contribution in [2.45, 2.75) is 98.3 Å². The van der Waals surface area contributed by atoms with Crippen molar-refractivity contribution in [1.29, 1.82) is 0 Å². The van der Waals surface area contributed by atoms with Crippen LogP contribution >= 0.6 is 16.2 Å². The Morgan fingerprint density at radius 1 is 0.840 bits per heavy atom. The highest BCUT2D eigenvalue weighted by atomic mass is 32.8. The van der Waals surface area contributed by atoms with Crippen LogP contribution in [0.1, 0.15) is 98.3 Å². The summed E-state index contributed by atoms with van der Waals surface area (Å²) in [6.45, 7) is 9.11. The van der Waals surface area contributed by atoms with E-state index in [-0.39, 0.29) is 0 Å². The van der Waals surface area contributed by atoms with Gasteiger partial charge >= 0.3 is 0 Å². The summed E-state index contributed by atoms with van der Waals surface area (Å²) in [5.74, 6) is 3.42. The van der Waals surface area contributed by atoms with Crippen LogP contribution in [0.3, 0.4) is 0 Å². The predicted molar refractivity (Wildman–Crippen MR) is 119 cm³/mol. The fourth-order valence-electron chi connectivity index (χ4n) is 4.31. The molecule has 1 heterocycles. The van der Waals surface area contributed by atoms with Gasteiger partial charge in [0.25, 0.3) is 0 Å². The van der Waals surface area contributed by atoms with Gasteiger partial charge in [0.2, 0.25) is 0 Å². The molecule has 1 rings (SSSR count). The molecule has 0 bridgehead atoms. The van der Waals surface area contributed by atoms with Crippen molar-refractivity contribution in [1.82, 2.24) is 0 Å². The normalized spacial score (nSPS) is 23.6. The second kappa shape index (κ2) is 12.1. The van der Waals surface area contributed by atoms with Crippen LogP contribution in [-0.2, 0) is 4.57 Å². The average molecular weight is 392 g/mol. The van der Waals surface area contributed by atoms with E-state index in [1.165, 1.54) is 70.6 Å². The number of hydrogen-bond acceptors (Lipinski definition) is 2. The van der Waals surface area contributed by atoms with E-state index < -0.39 is 16.2 Å². The van der Waals surface area contributed by atoms with Gasteiger partial charge in [-0.2, -0.15) is 0 Å². The van der Waals surface area contributed by atoms with Crippen LogP contribution in [-0.4, -0.2) is 23.8 Å². The Kier molecular flexibility index (Phi) is 11.4. The zero-order valence-corrected chi connectivity index (χ0v) is 19.3. The van der Waals surface area contributed by atoms with Gasteiger partial charge in [0.15, 0.2) is 0 Å². The highest BCUT2D eigenvalue weighted by Crippen LogP contribution is 2.79. The van der Waals surface area contributed by atoms with Crippen molar-refractivity contribution in [2.75, 3.05) is 23.8 Å². The summed E-state index contributed by atoms with van der Waals surface area (Å²) in [5, 5.41) is 7.02. The number of nitrogens with two attached hydrogens (primary N) is 1. The van der Waals surface area contributed by atoms with Gasteiger partial charge in [0.05, 0.1) is 0 Å². The molecular formula is C21H46NOPS. The lowest BCUT2D eigenvalue weighted by Crippen LogP contribution is -2.28. The largest absolute Gasteiger partial charge is 0.312 e. The lowest BCUT2D eigenvalue weighted by Gasteiger charge is -2.47. The summed E-state index contributed by atoms with van der Waals surface area (Å²) in [6.07, 6.45) is 13.3. The quantitative estimate of drug-likeness (QED) is 0.329. The van der Waals surface area contributed by atoms with Crippen LogP contribution < -0.4 is 5.14 Å². The summed E-state index contributed by atoms with van der Waals surface area (Å²) < 4.78 is 14.5. The Balaban J connectivity index is 2.96. The zero-order valence-electron chi connectivity index (χ0n) is 17.6. The van der Waals surface area contributed by atoms with E-state index in [9.17, 15) is 4.57 Å². The van der Waals surface area contributed by atoms with Gasteiger partial charge in [-0.15, -0.1) is 9.83 Å². The standard InChI is InChI=1S/C21H46NOPS/c1-5-9-14-20(7-3)18-24(23,19-21(8-4)15-10-6-2)25(22)16-12-11-13-17-25/h20-21H,5-19,22H2,1-4H3. The molecule has 0 aromatic rings. The molecule has 0 aromatic heterocycles. The Bertz CT molecular complexity index is 373. The van der Waals surface area contributed by atoms with Crippen molar-refractivity contribution < 1.29 is 4.57 Å². The highest BCUT2D eigenvalue weighted by Gasteiger charge is 2.42. The van der Waals surface area contributed by atoms with E-state index in [4.69, 9.17) is 5.14 Å². The van der Waals surface area contributed by atoms with Crippen molar-refractivity contribution in [2.24, 2.45) is 17.0 Å². The summed E-state index contributed by atoms with van der Waals surface area (Å²) in [6, 6.07) is 0. The average Bonchev–Trinajstić information content (AvgIpc) is 2.62. The molecule has 0 aromatic carbocycles. The van der Waals surface area contributed by atoms with E-state index >= 15 is 0 Å². The van der Waals surface area contributed by atoms with Crippen LogP contribution in [0.2, 0.25) is 0 Å². The molecular weight excluding hydrogens is 345 g/mol. The Hall–Kier alpha value is 0.540. The van der Waals surface area contributed by atoms with E-state index in [2.05, 4.69) is 27.7 Å². The summed E-state index contributed by atoms with van der Waals surface area (Å²) in [4.78, 5) is 0. The molecule has 25 heavy (non-hydrogen) atoms. The molecule has 1 saturated heterocycles. The molecule has 0 amide bonds. The third kappa shape index (κ3) is 7.23. The van der Waals surface area contributed by atoms with Gasteiger partial charge < -0.3 is 4.57 Å². The van der Waals surface area contributed by atoms with Crippen molar-refractivity contribution in [3.8, 4) is 0 Å². The van der Waals surface area contributed by atoms with Gasteiger partial charge in [-0.1, -0.05) is 72.6 Å². The molecule has 0 saturated carbocycles. The first-order chi connectivity index (χ1) is 11.9. The van der Waals surface area contributed by atoms with Gasteiger partial charge in [0, 0.05) is 12.3 Å². The lowest BCUT2D eigenvalue weighted by atomic mass is 10.0. The summed E-state index contributed by atoms with van der Waals surface area (Å²) in [7, 11) is -1.39. The van der Waals surface area contributed by atoms with Crippen LogP contribution in [0.5, 0.6) is 0 Å². The van der Waals surface area contributed by atoms with E-state index in [0.29, 0.717) is 11.8 Å². The minimum atomic E-state index is -2.27. The minimum absolute atomic E-state index is 0.629. The molecule has 0 radical (unpaired) electrons. The SMILES string of the molecule is CCCCC(CC)CP(=O)(CC(CC)CCCC)S1(N)CCCCC1. The van der Waals surface area contributed by atoms with Crippen LogP contribution in [0.4, 0.5) is 0 Å². The fraction of sp³-hybridized carbons (Fsp3) is 1.00. The van der Waals surface area contributed by atoms with Crippen molar-refractivity contribution in [3.63, 3.8) is 0 Å². The van der Waals surface area contributed by atoms with Crippen molar-refractivity contribution in [3.05, 3.63) is 0 Å². The first-order valence-electron chi connectivity index (χ1n) is 11.1. The lowest BCUT2D eigenvalue weighted by molar-refractivity contribution is 0.467. The summed E-state index contributed by atoms with van der Waals surface area (Å²) >= 11 is 0. The number of hydrogen-bond donors (Lipinski definition) is 1. The van der Waals surface area contributed by atoms with Gasteiger partial charge in [-0.05, 0) is 49.0 Å². The molecule has 2 nitrogen and oxygen atoms in total. The van der Waals surface area contributed by atoms with Gasteiger partial charge in [-0.3, -0.25) is 5.14 Å². The smallest absolute Gasteiger partial charge is 0.134 e. The molecule has 4 heteroatoms. The van der Waals surface area contributed by atoms with E-state index in [1.807, 2.05) is 0 Å². The maximum Gasteiger partial charge on any atom is 0.134 e. The van der Waals surface area contributed by atoms with Crippen molar-refractivity contribution >= 4 is 16.2 Å². The Morgan fingerprint density at radius 3 is 1.64 bits per heavy atom. The first-order valence-corrected chi connectivity index (χ1v) is 15.8.